The number of hydrogen-bond donors (Lipinski definition) is 2. The van der Waals surface area contributed by atoms with Crippen molar-refractivity contribution in [3.63, 3.8) is 0 Å². The van der Waals surface area contributed by atoms with Crippen molar-refractivity contribution in [3.8, 4) is 11.4 Å². The fourth-order valence-electron chi connectivity index (χ4n) is 1.70. The first-order valence-electron chi connectivity index (χ1n) is 5.83. The molecule has 7 nitrogen and oxygen atoms in total. The lowest BCUT2D eigenvalue weighted by atomic mass is 10.2. The largest absolute Gasteiger partial charge is 0.494 e. The Morgan fingerprint density at radius 3 is 2.68 bits per heavy atom. The van der Waals surface area contributed by atoms with Gasteiger partial charge in [0, 0.05) is 0 Å². The average molecular weight is 261 g/mol. The normalized spacial score (nSPS) is 10.3. The van der Waals surface area contributed by atoms with Crippen molar-refractivity contribution in [1.29, 1.82) is 0 Å². The van der Waals surface area contributed by atoms with Gasteiger partial charge >= 0.3 is 0 Å². The van der Waals surface area contributed by atoms with E-state index in [-0.39, 0.29) is 5.69 Å². The molecule has 0 bridgehead atoms. The van der Waals surface area contributed by atoms with E-state index < -0.39 is 5.91 Å². The first-order valence-corrected chi connectivity index (χ1v) is 5.83. The molecule has 2 rings (SSSR count). The first kappa shape index (κ1) is 13.0. The number of nitrogen functional groups attached to an aromatic ring is 1. The number of hydrazine groups is 1. The highest BCUT2D eigenvalue weighted by Crippen LogP contribution is 2.16. The quantitative estimate of drug-likeness (QED) is 0.477. The van der Waals surface area contributed by atoms with E-state index in [0.717, 1.165) is 11.4 Å². The second-order valence-electron chi connectivity index (χ2n) is 3.84. The molecule has 0 fully saturated rings. The molecule has 0 aliphatic carbocycles. The van der Waals surface area contributed by atoms with Crippen LogP contribution < -0.4 is 16.0 Å². The number of nitrogens with zero attached hydrogens (tertiary/aromatic N) is 3. The highest BCUT2D eigenvalue weighted by molar-refractivity contribution is 5.92. The van der Waals surface area contributed by atoms with Crippen LogP contribution in [0.4, 0.5) is 0 Å². The summed E-state index contributed by atoms with van der Waals surface area (Å²) < 4.78 is 6.93. The number of benzene rings is 1. The minimum Gasteiger partial charge on any atom is -0.494 e. The Labute approximate surface area is 110 Å². The number of nitrogens with one attached hydrogen (secondary N) is 1. The van der Waals surface area contributed by atoms with Crippen LogP contribution in [0.2, 0.25) is 0 Å². The van der Waals surface area contributed by atoms with Crippen LogP contribution in [-0.2, 0) is 0 Å². The van der Waals surface area contributed by atoms with Crippen molar-refractivity contribution in [2.45, 2.75) is 13.8 Å². The van der Waals surface area contributed by atoms with Gasteiger partial charge in [-0.25, -0.2) is 10.5 Å². The van der Waals surface area contributed by atoms with Gasteiger partial charge in [0.15, 0.2) is 5.69 Å². The van der Waals surface area contributed by atoms with E-state index in [2.05, 4.69) is 10.3 Å². The zero-order valence-corrected chi connectivity index (χ0v) is 10.8. The standard InChI is InChI=1S/C12H15N5O2/c1-3-19-10-6-4-9(5-7-10)17-8(2)11(15-16-17)12(18)14-13/h4-7H,3,13H2,1-2H3,(H,14,18). The molecule has 0 aliphatic rings. The lowest BCUT2D eigenvalue weighted by Gasteiger charge is -2.06. The zero-order chi connectivity index (χ0) is 13.8. The summed E-state index contributed by atoms with van der Waals surface area (Å²) in [5, 5.41) is 7.75. The number of amides is 1. The van der Waals surface area contributed by atoms with Gasteiger partial charge in [0.05, 0.1) is 18.0 Å². The first-order chi connectivity index (χ1) is 9.17. The molecule has 0 aliphatic heterocycles. The number of rotatable bonds is 4. The maximum absolute atomic E-state index is 11.4. The van der Waals surface area contributed by atoms with Gasteiger partial charge in [-0.1, -0.05) is 5.21 Å². The van der Waals surface area contributed by atoms with Crippen molar-refractivity contribution in [1.82, 2.24) is 20.4 Å². The maximum Gasteiger partial charge on any atom is 0.287 e. The second kappa shape index (κ2) is 5.49. The number of carbonyl (C=O) groups is 1. The highest BCUT2D eigenvalue weighted by atomic mass is 16.5. The van der Waals surface area contributed by atoms with E-state index in [1.54, 1.807) is 11.6 Å². The fourth-order valence-corrected chi connectivity index (χ4v) is 1.70. The third-order valence-corrected chi connectivity index (χ3v) is 2.63. The highest BCUT2D eigenvalue weighted by Gasteiger charge is 2.16. The minimum atomic E-state index is -0.463. The van der Waals surface area contributed by atoms with Gasteiger partial charge in [-0.05, 0) is 38.1 Å². The molecule has 0 atom stereocenters. The lowest BCUT2D eigenvalue weighted by Crippen LogP contribution is -2.30. The topological polar surface area (TPSA) is 95.1 Å². The van der Waals surface area contributed by atoms with E-state index in [4.69, 9.17) is 10.6 Å². The van der Waals surface area contributed by atoms with Gasteiger partial charge in [-0.2, -0.15) is 0 Å². The average Bonchev–Trinajstić information content (AvgIpc) is 2.81. The van der Waals surface area contributed by atoms with Gasteiger partial charge in [-0.3, -0.25) is 10.2 Å². The van der Waals surface area contributed by atoms with Crippen molar-refractivity contribution in [2.75, 3.05) is 6.61 Å². The summed E-state index contributed by atoms with van der Waals surface area (Å²) in [7, 11) is 0. The van der Waals surface area contributed by atoms with Gasteiger partial charge in [-0.15, -0.1) is 5.10 Å². The van der Waals surface area contributed by atoms with Crippen molar-refractivity contribution >= 4 is 5.91 Å². The molecule has 0 spiro atoms. The number of hydrogen-bond acceptors (Lipinski definition) is 5. The molecule has 2 aromatic rings. The molecule has 3 N–H and O–H groups in total. The summed E-state index contributed by atoms with van der Waals surface area (Å²) in [5.41, 5.74) is 3.66. The van der Waals surface area contributed by atoms with E-state index in [1.807, 2.05) is 36.6 Å². The Morgan fingerprint density at radius 2 is 2.11 bits per heavy atom. The van der Waals surface area contributed by atoms with Crippen LogP contribution in [0.3, 0.4) is 0 Å². The molecule has 1 amide bonds. The summed E-state index contributed by atoms with van der Waals surface area (Å²) in [6, 6.07) is 7.36. The molecule has 0 saturated heterocycles. The summed E-state index contributed by atoms with van der Waals surface area (Å²) >= 11 is 0. The Kier molecular flexibility index (Phi) is 3.76. The summed E-state index contributed by atoms with van der Waals surface area (Å²) in [6.45, 7) is 4.29. The molecule has 100 valence electrons. The van der Waals surface area contributed by atoms with Crippen molar-refractivity contribution < 1.29 is 9.53 Å². The lowest BCUT2D eigenvalue weighted by molar-refractivity contribution is 0.0948. The molecule has 0 unspecified atom stereocenters. The molecule has 1 aromatic carbocycles. The van der Waals surface area contributed by atoms with Crippen LogP contribution in [0.25, 0.3) is 5.69 Å². The molecule has 7 heteroatoms. The minimum absolute atomic E-state index is 0.205. The summed E-state index contributed by atoms with van der Waals surface area (Å²) in [6.07, 6.45) is 0. The van der Waals surface area contributed by atoms with Gasteiger partial charge in [0.2, 0.25) is 0 Å². The summed E-state index contributed by atoms with van der Waals surface area (Å²) in [4.78, 5) is 11.4. The van der Waals surface area contributed by atoms with E-state index in [0.29, 0.717) is 12.3 Å². The number of carbonyl (C=O) groups excluding carboxylic acids is 1. The van der Waals surface area contributed by atoms with Crippen molar-refractivity contribution in [3.05, 3.63) is 35.7 Å². The zero-order valence-electron chi connectivity index (χ0n) is 10.8. The predicted octanol–water partition coefficient (Wildman–Crippen LogP) is 0.578. The van der Waals surface area contributed by atoms with Crippen LogP contribution in [0, 0.1) is 6.92 Å². The molecular formula is C12H15N5O2. The Hall–Kier alpha value is -2.41. The van der Waals surface area contributed by atoms with Crippen LogP contribution in [0.1, 0.15) is 23.1 Å². The fraction of sp³-hybridized carbons (Fsp3) is 0.250. The number of ether oxygens (including phenoxy) is 1. The van der Waals surface area contributed by atoms with Crippen LogP contribution in [-0.4, -0.2) is 27.5 Å². The smallest absolute Gasteiger partial charge is 0.287 e. The van der Waals surface area contributed by atoms with Gasteiger partial charge in [0.1, 0.15) is 5.75 Å². The number of aromatic nitrogens is 3. The molecular weight excluding hydrogens is 246 g/mol. The van der Waals surface area contributed by atoms with E-state index in [9.17, 15) is 4.79 Å². The SMILES string of the molecule is CCOc1ccc(-n2nnc(C(=O)NN)c2C)cc1. The number of nitrogens with two attached hydrogens (primary N) is 1. The molecule has 0 radical (unpaired) electrons. The maximum atomic E-state index is 11.4. The molecule has 1 heterocycles. The van der Waals surface area contributed by atoms with Crippen LogP contribution >= 0.6 is 0 Å². The monoisotopic (exact) mass is 261 g/mol. The van der Waals surface area contributed by atoms with Gasteiger partial charge < -0.3 is 4.74 Å². The Balaban J connectivity index is 2.32. The molecule has 0 saturated carbocycles. The third kappa shape index (κ3) is 2.55. The van der Waals surface area contributed by atoms with Gasteiger partial charge in [0.25, 0.3) is 5.91 Å². The molecule has 1 aromatic heterocycles. The van der Waals surface area contributed by atoms with E-state index in [1.165, 1.54) is 0 Å². The second-order valence-corrected chi connectivity index (χ2v) is 3.84. The van der Waals surface area contributed by atoms with E-state index >= 15 is 0 Å². The van der Waals surface area contributed by atoms with Crippen LogP contribution in [0.5, 0.6) is 5.75 Å². The Morgan fingerprint density at radius 1 is 1.42 bits per heavy atom. The predicted molar refractivity (Wildman–Crippen MR) is 68.9 cm³/mol. The van der Waals surface area contributed by atoms with Crippen molar-refractivity contribution in [2.24, 2.45) is 5.84 Å². The molecule has 19 heavy (non-hydrogen) atoms. The third-order valence-electron chi connectivity index (χ3n) is 2.63. The van der Waals surface area contributed by atoms with Crippen LogP contribution in [0.15, 0.2) is 24.3 Å². The Bertz CT molecular complexity index is 576. The summed E-state index contributed by atoms with van der Waals surface area (Å²) in [5.74, 6) is 5.40.